The molecule has 20 amide bonds. The second-order valence-corrected chi connectivity index (χ2v) is 42.2. The third kappa shape index (κ3) is 39.4. The van der Waals surface area contributed by atoms with E-state index in [4.69, 9.17) is 22.9 Å². The number of phenols is 1. The molecule has 5 aliphatic rings. The van der Waals surface area contributed by atoms with E-state index in [1.54, 1.807) is 81.4 Å². The maximum Gasteiger partial charge on any atom is 0.267 e. The van der Waals surface area contributed by atoms with Gasteiger partial charge in [0.2, 0.25) is 112 Å². The first-order chi connectivity index (χ1) is 71.5. The van der Waals surface area contributed by atoms with Crippen LogP contribution in [0.4, 0.5) is 0 Å². The fourth-order valence-electron chi connectivity index (χ4n) is 16.4. The molecular weight excluding hydrogens is 2020 g/mol. The normalized spacial score (nSPS) is 25.4. The number of nitrogens with one attached hydrogen (secondary N) is 20. The van der Waals surface area contributed by atoms with E-state index in [0.29, 0.717) is 48.8 Å². The molecule has 30 N–H and O–H groups in total. The predicted molar refractivity (Wildman–Crippen MR) is 565 cm³/mol. The van der Waals surface area contributed by atoms with Gasteiger partial charge in [-0.3, -0.25) is 95.9 Å². The van der Waals surface area contributed by atoms with Crippen molar-refractivity contribution in [3.63, 3.8) is 0 Å². The van der Waals surface area contributed by atoms with E-state index >= 15 is 14.4 Å². The smallest absolute Gasteiger partial charge is 0.267 e. The maximum absolute atomic E-state index is 15.6. The molecule has 8 rings (SSSR count). The Kier molecular flexibility index (Phi) is 50.4. The number of carbonyl (C=O) groups excluding carboxylic acids is 20. The number of aliphatic hydroxyl groups excluding tert-OH is 1. The molecule has 5 aliphatic heterocycles. The number of rotatable bonds is 36. The van der Waals surface area contributed by atoms with Crippen LogP contribution in [0.5, 0.6) is 5.75 Å². The number of carbonyl (C=O) groups is 20. The van der Waals surface area contributed by atoms with Crippen molar-refractivity contribution < 1.29 is 106 Å². The Bertz CT molecular complexity index is 5270. The number of nitrogens with zero attached hydrogens (tertiary/aromatic N) is 1. The van der Waals surface area contributed by atoms with Gasteiger partial charge in [-0.15, -0.1) is 11.8 Å². The van der Waals surface area contributed by atoms with Crippen LogP contribution in [-0.2, 0) is 115 Å². The largest absolute Gasteiger partial charge is 0.508 e. The van der Waals surface area contributed by atoms with E-state index in [0.717, 1.165) is 47.0 Å². The van der Waals surface area contributed by atoms with Crippen LogP contribution in [0.3, 0.4) is 0 Å². The van der Waals surface area contributed by atoms with Crippen LogP contribution >= 0.6 is 47.0 Å². The fourth-order valence-corrected chi connectivity index (χ4v) is 20.4. The molecule has 4 saturated heterocycles. The molecule has 822 valence electrons. The Morgan fingerprint density at radius 3 is 1.77 bits per heavy atom. The molecule has 51 heteroatoms. The lowest BCUT2D eigenvalue weighted by molar-refractivity contribution is -0.142. The van der Waals surface area contributed by atoms with Gasteiger partial charge >= 0.3 is 0 Å². The van der Waals surface area contributed by atoms with Crippen molar-refractivity contribution in [1.82, 2.24) is 111 Å². The molecule has 0 radical (unpaired) electrons. The molecule has 2 bridgehead atoms. The first-order valence-electron chi connectivity index (χ1n) is 50.1. The summed E-state index contributed by atoms with van der Waals surface area (Å²) in [6.45, 7) is 15.6. The number of amides is 20. The highest BCUT2D eigenvalue weighted by atomic mass is 32.2. The highest BCUT2D eigenvalue weighted by Crippen LogP contribution is 2.27. The number of phenolic OH excluding ortho intramolecular Hbond substituents is 1. The highest BCUT2D eigenvalue weighted by Gasteiger charge is 2.45. The van der Waals surface area contributed by atoms with Gasteiger partial charge in [-0.25, -0.2) is 0 Å². The van der Waals surface area contributed by atoms with Crippen molar-refractivity contribution in [1.29, 1.82) is 0 Å². The van der Waals surface area contributed by atoms with Crippen molar-refractivity contribution in [3.05, 3.63) is 137 Å². The van der Waals surface area contributed by atoms with Gasteiger partial charge in [0, 0.05) is 71.1 Å². The number of aromatic hydroxyl groups is 1. The van der Waals surface area contributed by atoms with E-state index in [1.807, 2.05) is 6.92 Å². The summed E-state index contributed by atoms with van der Waals surface area (Å²) < 4.78 is 0. The van der Waals surface area contributed by atoms with Gasteiger partial charge in [-0.05, 0) is 144 Å². The number of fused-ring (bicyclic) bond motifs is 7. The SMILES string of the molecule is C=C1NC(CC(N)=O)C(=O)NC2CS/C=C\N[C@H](O)C(CSCC(NC(=O)CNC(=O)/C(=C/C)NC(=O)C(CCCCN)NC(=O)C(C)NC(=O)C3CSC(C)C(NC(=O)C4CSCC(NC(=O)C(C)NC(=O)C(N)C(C)CC)C(=O)NC(CCCCN)C(=O)NC(Cc5ccccc5)C(=O)NC(CC(C)C)C(=O)N4)C(=O)N4CCCC4C(=O)NCC(=O)N3)C(=O)NC1Cc1ccccc1)NC(=O)C(Cc1ccc(O)cc1)NC2=O. The van der Waals surface area contributed by atoms with E-state index in [9.17, 15) is 91.7 Å². The van der Waals surface area contributed by atoms with E-state index in [2.05, 4.69) is 113 Å². The van der Waals surface area contributed by atoms with Crippen LogP contribution in [0.15, 0.2) is 121 Å². The minimum Gasteiger partial charge on any atom is -0.508 e. The summed E-state index contributed by atoms with van der Waals surface area (Å²) in [5, 5.41) is 75.8. The average molecular weight is 2170 g/mol. The summed E-state index contributed by atoms with van der Waals surface area (Å²) in [5.74, 6) is -20.3. The van der Waals surface area contributed by atoms with Crippen molar-refractivity contribution in [2.75, 3.05) is 67.2 Å². The van der Waals surface area contributed by atoms with Crippen molar-refractivity contribution in [2.24, 2.45) is 34.8 Å². The number of thioether (sulfide) groups is 4. The van der Waals surface area contributed by atoms with Crippen LogP contribution in [0.2, 0.25) is 0 Å². The van der Waals surface area contributed by atoms with Gasteiger partial charge in [0.1, 0.15) is 108 Å². The van der Waals surface area contributed by atoms with Gasteiger partial charge in [-0.1, -0.05) is 126 Å². The Morgan fingerprint density at radius 1 is 0.567 bits per heavy atom. The van der Waals surface area contributed by atoms with E-state index in [1.165, 1.54) is 74.5 Å². The summed E-state index contributed by atoms with van der Waals surface area (Å²) in [6.07, 6.45) is 2.06. The number of aliphatic hydroxyl groups is 1. The Balaban J connectivity index is 1.01. The molecule has 0 saturated carbocycles. The summed E-state index contributed by atoms with van der Waals surface area (Å²) >= 11 is 3.77. The predicted octanol–water partition coefficient (Wildman–Crippen LogP) is -5.24. The van der Waals surface area contributed by atoms with Gasteiger partial charge < -0.3 is 144 Å². The molecule has 4 fully saturated rings. The standard InChI is InChI=1S/C99H145N25O22S4/c1-10-53(5)80(103)98(145)109-56(8)83(130)119-73-49-149-50-74(122-88(135)66(39-52(3)4)116-89(136)67(41-59-25-16-13-17-26-59)117-87(134)64(114-94(73)141)28-19-21-35-101)96(143)123-81-57(9)150-51-75(111-79(128)45-106-97(144)76-29-22-37-124(76)99(81)146)92(139)108-55(7)82(129)113-63(27-18-20-34-100)86(133)112-62(11-2)84(131)105-44-78(127)110-71-48-148-47-70-85(132)104-36-38-147-46-72(95(142)118-68(90(137)120-70)42-60-30-32-61(125)33-31-60)121-91(138)69(43-77(102)126)107-54(6)65(115-93(71)140)40-58-23-14-12-15-24-58/h11-17,23-26,30-33,36,38,52-53,55-57,63-76,80-81,85,104,107,125,132H,6,10,18-22,27-29,34-35,37,39-51,100-101,103H2,1-5,7-9H3,(H2,102,126)(H,105,131)(H,106,144)(H,108,139)(H,109,145)(H,110,127)(H,111,128)(H,112,133)(H,113,129)(H,114,141)(H,115,140)(H,116,136)(H,117,134)(H,118,142)(H,119,130)(H,120,137)(H,121,138)(H,122,135)(H,123,143)/b38-36-,62-11-/t53?,55?,56?,57?,63?,64?,65?,66?,67?,68?,69?,70?,71?,72?,73?,74?,75?,76?,80?,81?,85-/m1/s1. The van der Waals surface area contributed by atoms with Crippen LogP contribution in [0.1, 0.15) is 143 Å². The molecule has 0 spiro atoms. The topological polar surface area (TPSA) is 730 Å². The highest BCUT2D eigenvalue weighted by molar-refractivity contribution is 8.02. The molecule has 47 nitrogen and oxygen atoms in total. The molecule has 3 aromatic rings. The second-order valence-electron chi connectivity index (χ2n) is 37.7. The monoisotopic (exact) mass is 2160 g/mol. The number of hydrogen-bond acceptors (Lipinski definition) is 31. The van der Waals surface area contributed by atoms with Crippen molar-refractivity contribution >= 4 is 165 Å². The number of nitrogens with two attached hydrogens (primary N) is 4. The van der Waals surface area contributed by atoms with E-state index < -0.39 is 275 Å². The number of unbranched alkanes of at least 4 members (excludes halogenated alkanes) is 2. The molecule has 0 aliphatic carbocycles. The van der Waals surface area contributed by atoms with Crippen LogP contribution in [-0.4, -0.2) is 321 Å². The Labute approximate surface area is 887 Å². The third-order valence-corrected chi connectivity index (χ3v) is 29.8. The summed E-state index contributed by atoms with van der Waals surface area (Å²) in [7, 11) is 0. The third-order valence-electron chi connectivity index (χ3n) is 25.4. The lowest BCUT2D eigenvalue weighted by atomic mass is 9.99. The summed E-state index contributed by atoms with van der Waals surface area (Å²) in [6, 6.07) is -2.31. The lowest BCUT2D eigenvalue weighted by Gasteiger charge is -2.33. The summed E-state index contributed by atoms with van der Waals surface area (Å²) in [4.78, 5) is 291. The summed E-state index contributed by atoms with van der Waals surface area (Å²) in [5.41, 5.74) is 24.9. The zero-order valence-corrected chi connectivity index (χ0v) is 88.6. The maximum atomic E-state index is 15.6. The second kappa shape index (κ2) is 61.9. The molecule has 21 atom stereocenters. The zero-order chi connectivity index (χ0) is 110. The Hall–Kier alpha value is -13.1. The quantitative estimate of drug-likeness (QED) is 0.0191. The number of allylic oxidation sites excluding steroid dienone is 1. The minimum absolute atomic E-state index is 0.00289. The van der Waals surface area contributed by atoms with Crippen LogP contribution in [0, 0.1) is 11.8 Å². The first-order valence-corrected chi connectivity index (χ1v) is 54.5. The first kappa shape index (κ1) is 122. The molecule has 150 heavy (non-hydrogen) atoms. The molecular formula is C99H145N25O22S4. The van der Waals surface area contributed by atoms with Crippen molar-refractivity contribution in [3.8, 4) is 5.75 Å². The van der Waals surface area contributed by atoms with Gasteiger partial charge in [0.05, 0.1) is 37.6 Å². The number of benzene rings is 3. The van der Waals surface area contributed by atoms with Gasteiger partial charge in [0.25, 0.3) is 5.91 Å². The van der Waals surface area contributed by atoms with Gasteiger partial charge in [-0.2, -0.15) is 35.3 Å². The fraction of sp³-hybridized carbons (Fsp3) is 0.556. The van der Waals surface area contributed by atoms with Gasteiger partial charge in [0.15, 0.2) is 0 Å². The molecule has 20 unspecified atom stereocenters. The number of primary amides is 1. The Morgan fingerprint density at radius 2 is 1.13 bits per heavy atom. The average Bonchev–Trinajstić information content (AvgIpc) is 1.64. The number of hydrogen-bond donors (Lipinski definition) is 26. The zero-order valence-electron chi connectivity index (χ0n) is 85.4. The van der Waals surface area contributed by atoms with Crippen LogP contribution in [0.25, 0.3) is 0 Å². The molecule has 0 aromatic heterocycles. The minimum atomic E-state index is -1.67. The van der Waals surface area contributed by atoms with E-state index in [-0.39, 0.29) is 117 Å². The molecule has 3 aromatic carbocycles. The van der Waals surface area contributed by atoms with Crippen LogP contribution < -0.4 is 129 Å². The molecule has 5 heterocycles. The lowest BCUT2D eigenvalue weighted by Crippen LogP contribution is -2.62. The van der Waals surface area contributed by atoms with Crippen molar-refractivity contribution in [2.45, 2.75) is 266 Å².